The van der Waals surface area contributed by atoms with Crippen LogP contribution in [0.25, 0.3) is 0 Å². The van der Waals surface area contributed by atoms with Crippen molar-refractivity contribution in [2.75, 3.05) is 13.1 Å². The van der Waals surface area contributed by atoms with Crippen LogP contribution in [0, 0.1) is 0 Å². The molecule has 0 saturated heterocycles. The predicted molar refractivity (Wildman–Crippen MR) is 106 cm³/mol. The quantitative estimate of drug-likeness (QED) is 0.739. The Morgan fingerprint density at radius 2 is 1.67 bits per heavy atom. The van der Waals surface area contributed by atoms with Crippen molar-refractivity contribution in [3.63, 3.8) is 0 Å². The molecule has 2 unspecified atom stereocenters. The fraction of sp³-hybridized carbons (Fsp3) is 0.435. The van der Waals surface area contributed by atoms with Gasteiger partial charge >= 0.3 is 0 Å². The smallest absolute Gasteiger partial charge is 0.155 e. The number of hydrogen-bond acceptors (Lipinski definition) is 4. The molecule has 0 aliphatic rings. The number of carboxylic acids is 1. The lowest BCUT2D eigenvalue weighted by atomic mass is 9.80. The standard InChI is InChI=1S/C23H31NO3/c1-5-18-19(21(6-2)24(7-3)8-4)15-12-16-20(18)23(27,22(25)26)17-13-10-9-11-14-17/h9-16,21,27H,5-8H2,1-4H3,(H,25,26)/p-1. The molecule has 2 aromatic carbocycles. The maximum absolute atomic E-state index is 12.1. The molecular formula is C23H30NO3-. The minimum Gasteiger partial charge on any atom is -0.546 e. The Kier molecular flexibility index (Phi) is 7.17. The van der Waals surface area contributed by atoms with Gasteiger partial charge in [-0.2, -0.15) is 0 Å². The van der Waals surface area contributed by atoms with Crippen LogP contribution in [0.2, 0.25) is 0 Å². The first-order valence-corrected chi connectivity index (χ1v) is 9.81. The zero-order valence-corrected chi connectivity index (χ0v) is 16.7. The summed E-state index contributed by atoms with van der Waals surface area (Å²) in [6.45, 7) is 10.2. The molecule has 1 N–H and O–H groups in total. The van der Waals surface area contributed by atoms with Gasteiger partial charge in [0, 0.05) is 6.04 Å². The summed E-state index contributed by atoms with van der Waals surface area (Å²) in [6, 6.07) is 14.3. The minimum atomic E-state index is -2.18. The van der Waals surface area contributed by atoms with E-state index in [0.29, 0.717) is 17.5 Å². The Labute approximate surface area is 162 Å². The summed E-state index contributed by atoms with van der Waals surface area (Å²) in [5, 5.41) is 23.4. The van der Waals surface area contributed by atoms with Crippen molar-refractivity contribution in [2.24, 2.45) is 0 Å². The van der Waals surface area contributed by atoms with Crippen LogP contribution in [0.3, 0.4) is 0 Å². The molecule has 2 aromatic rings. The topological polar surface area (TPSA) is 63.6 Å². The third-order valence-corrected chi connectivity index (χ3v) is 5.44. The average Bonchev–Trinajstić information content (AvgIpc) is 2.71. The van der Waals surface area contributed by atoms with Gasteiger partial charge in [0.15, 0.2) is 5.60 Å². The second-order valence-electron chi connectivity index (χ2n) is 6.74. The fourth-order valence-electron chi connectivity index (χ4n) is 4.05. The van der Waals surface area contributed by atoms with Crippen molar-refractivity contribution in [1.29, 1.82) is 0 Å². The third kappa shape index (κ3) is 3.92. The lowest BCUT2D eigenvalue weighted by molar-refractivity contribution is -0.322. The van der Waals surface area contributed by atoms with Crippen molar-refractivity contribution >= 4 is 5.97 Å². The molecule has 0 aromatic heterocycles. The van der Waals surface area contributed by atoms with Gasteiger partial charge in [0.2, 0.25) is 0 Å². The van der Waals surface area contributed by atoms with Gasteiger partial charge in [-0.3, -0.25) is 4.90 Å². The first kappa shape index (κ1) is 21.1. The largest absolute Gasteiger partial charge is 0.546 e. The first-order valence-electron chi connectivity index (χ1n) is 9.81. The van der Waals surface area contributed by atoms with Crippen LogP contribution in [0.15, 0.2) is 48.5 Å². The van der Waals surface area contributed by atoms with Crippen molar-refractivity contribution in [2.45, 2.75) is 52.2 Å². The van der Waals surface area contributed by atoms with Crippen molar-refractivity contribution in [3.05, 3.63) is 70.8 Å². The number of carbonyl (C=O) groups is 1. The van der Waals surface area contributed by atoms with Crippen LogP contribution in [0.5, 0.6) is 0 Å². The average molecular weight is 368 g/mol. The van der Waals surface area contributed by atoms with E-state index in [1.807, 2.05) is 13.0 Å². The summed E-state index contributed by atoms with van der Waals surface area (Å²) in [5.74, 6) is -1.50. The van der Waals surface area contributed by atoms with Gasteiger partial charge in [0.1, 0.15) is 0 Å². The summed E-state index contributed by atoms with van der Waals surface area (Å²) in [5.41, 5.74) is 0.500. The van der Waals surface area contributed by atoms with Crippen LogP contribution in [0.4, 0.5) is 0 Å². The number of carbonyl (C=O) groups excluding carboxylic acids is 1. The zero-order valence-electron chi connectivity index (χ0n) is 16.7. The molecule has 0 heterocycles. The molecule has 0 amide bonds. The maximum Gasteiger partial charge on any atom is 0.155 e. The number of rotatable bonds is 9. The van der Waals surface area contributed by atoms with Crippen LogP contribution in [0.1, 0.15) is 62.4 Å². The number of benzene rings is 2. The van der Waals surface area contributed by atoms with E-state index in [1.165, 1.54) is 0 Å². The SMILES string of the molecule is CCc1c(C(CC)N(CC)CC)cccc1C(O)(C(=O)[O-])c1ccccc1. The molecule has 2 rings (SSSR count). The Morgan fingerprint density at radius 1 is 1.04 bits per heavy atom. The fourth-order valence-corrected chi connectivity index (χ4v) is 4.05. The van der Waals surface area contributed by atoms with Gasteiger partial charge in [-0.1, -0.05) is 76.2 Å². The van der Waals surface area contributed by atoms with E-state index >= 15 is 0 Å². The third-order valence-electron chi connectivity index (χ3n) is 5.44. The Balaban J connectivity index is 2.72. The molecule has 0 aliphatic heterocycles. The van der Waals surface area contributed by atoms with Gasteiger partial charge in [0.25, 0.3) is 0 Å². The second-order valence-corrected chi connectivity index (χ2v) is 6.74. The maximum atomic E-state index is 12.1. The normalized spacial score (nSPS) is 14.7. The van der Waals surface area contributed by atoms with Crippen molar-refractivity contribution in [3.8, 4) is 0 Å². The van der Waals surface area contributed by atoms with E-state index in [0.717, 1.165) is 30.6 Å². The van der Waals surface area contributed by atoms with Crippen molar-refractivity contribution in [1.82, 2.24) is 4.90 Å². The van der Waals surface area contributed by atoms with E-state index in [2.05, 4.69) is 31.7 Å². The van der Waals surface area contributed by atoms with Gasteiger partial charge in [-0.25, -0.2) is 0 Å². The molecule has 4 heteroatoms. The first-order chi connectivity index (χ1) is 12.9. The summed E-state index contributed by atoms with van der Waals surface area (Å²) < 4.78 is 0. The van der Waals surface area contributed by atoms with Crippen molar-refractivity contribution < 1.29 is 15.0 Å². The number of aliphatic hydroxyl groups is 1. The van der Waals surface area contributed by atoms with E-state index in [1.54, 1.807) is 36.4 Å². The van der Waals surface area contributed by atoms with Crippen LogP contribution in [-0.4, -0.2) is 29.1 Å². The van der Waals surface area contributed by atoms with E-state index < -0.39 is 11.6 Å². The predicted octanol–water partition coefficient (Wildman–Crippen LogP) is 3.03. The Morgan fingerprint density at radius 3 is 2.15 bits per heavy atom. The van der Waals surface area contributed by atoms with E-state index in [9.17, 15) is 15.0 Å². The summed E-state index contributed by atoms with van der Waals surface area (Å²) in [4.78, 5) is 14.5. The van der Waals surface area contributed by atoms with Gasteiger partial charge < -0.3 is 15.0 Å². The molecule has 0 radical (unpaired) electrons. The van der Waals surface area contributed by atoms with Crippen LogP contribution < -0.4 is 5.11 Å². The summed E-state index contributed by atoms with van der Waals surface area (Å²) in [6.07, 6.45) is 1.54. The highest BCUT2D eigenvalue weighted by atomic mass is 16.4. The number of carboxylic acid groups (broad SMARTS) is 1. The number of hydrogen-bond donors (Lipinski definition) is 1. The molecule has 0 aliphatic carbocycles. The highest BCUT2D eigenvalue weighted by Gasteiger charge is 2.36. The van der Waals surface area contributed by atoms with Gasteiger partial charge in [0.05, 0.1) is 5.97 Å². The van der Waals surface area contributed by atoms with Gasteiger partial charge in [-0.15, -0.1) is 0 Å². The Bertz CT molecular complexity index is 755. The molecule has 146 valence electrons. The lowest BCUT2D eigenvalue weighted by Gasteiger charge is -2.36. The summed E-state index contributed by atoms with van der Waals surface area (Å²) >= 11 is 0. The highest BCUT2D eigenvalue weighted by molar-refractivity contribution is 5.82. The van der Waals surface area contributed by atoms with Gasteiger partial charge in [-0.05, 0) is 48.2 Å². The molecule has 0 saturated carbocycles. The Hall–Kier alpha value is -2.17. The second kappa shape index (κ2) is 9.16. The number of nitrogens with zero attached hydrogens (tertiary/aromatic N) is 1. The molecule has 2 atom stereocenters. The monoisotopic (exact) mass is 368 g/mol. The van der Waals surface area contributed by atoms with E-state index in [4.69, 9.17) is 0 Å². The zero-order chi connectivity index (χ0) is 20.0. The highest BCUT2D eigenvalue weighted by Crippen LogP contribution is 2.37. The molecule has 27 heavy (non-hydrogen) atoms. The summed E-state index contributed by atoms with van der Waals surface area (Å²) in [7, 11) is 0. The molecule has 0 spiro atoms. The lowest BCUT2D eigenvalue weighted by Crippen LogP contribution is -2.47. The molecule has 0 fully saturated rings. The minimum absolute atomic E-state index is 0.177. The van der Waals surface area contributed by atoms with Crippen LogP contribution in [-0.2, 0) is 16.8 Å². The van der Waals surface area contributed by atoms with Crippen LogP contribution >= 0.6 is 0 Å². The number of aliphatic carboxylic acids is 1. The molecule has 0 bridgehead atoms. The van der Waals surface area contributed by atoms with E-state index in [-0.39, 0.29) is 6.04 Å². The molecule has 4 nitrogen and oxygen atoms in total. The molecular weight excluding hydrogens is 338 g/mol.